The van der Waals surface area contributed by atoms with Crippen LogP contribution in [0.4, 0.5) is 0 Å². The average Bonchev–Trinajstić information content (AvgIpc) is 2.20. The van der Waals surface area contributed by atoms with Crippen molar-refractivity contribution in [1.82, 2.24) is 10.6 Å². The van der Waals surface area contributed by atoms with Crippen LogP contribution in [-0.4, -0.2) is 30.7 Å². The van der Waals surface area contributed by atoms with E-state index in [4.69, 9.17) is 9.90 Å². The predicted molar refractivity (Wildman–Crippen MR) is 29.7 cm³/mol. The second-order valence-corrected chi connectivity index (χ2v) is 1.31. The number of rotatable bonds is 0. The zero-order valence-corrected chi connectivity index (χ0v) is 4.76. The molecule has 0 saturated carbocycles. The summed E-state index contributed by atoms with van der Waals surface area (Å²) in [5.74, 6) is 0.0926. The highest BCUT2D eigenvalue weighted by Gasteiger charge is 2.03. The third-order valence-electron chi connectivity index (χ3n) is 0.696. The van der Waals surface area contributed by atoms with E-state index in [0.29, 0.717) is 13.2 Å². The third kappa shape index (κ3) is 4.76. The van der Waals surface area contributed by atoms with Crippen LogP contribution in [0.15, 0.2) is 0 Å². The van der Waals surface area contributed by atoms with Crippen LogP contribution in [0.5, 0.6) is 0 Å². The Hall–Kier alpha value is -1.10. The monoisotopic (exact) mass is 132 g/mol. The van der Waals surface area contributed by atoms with Crippen molar-refractivity contribution in [3.63, 3.8) is 0 Å². The number of nitrogens with one attached hydrogen (secondary N) is 2. The summed E-state index contributed by atoms with van der Waals surface area (Å²) in [6.07, 6.45) is 0. The van der Waals surface area contributed by atoms with Crippen LogP contribution in [0.1, 0.15) is 0 Å². The van der Waals surface area contributed by atoms with Gasteiger partial charge in [-0.3, -0.25) is 14.9 Å². The Bertz CT molecular complexity index is 96.0. The molecule has 0 atom stereocenters. The van der Waals surface area contributed by atoms with Gasteiger partial charge < -0.3 is 10.4 Å². The average molecular weight is 132 g/mol. The maximum absolute atomic E-state index is 10.1. The number of amides is 1. The molecule has 52 valence electrons. The molecule has 1 rings (SSSR count). The Kier molecular flexibility index (Phi) is 4.43. The van der Waals surface area contributed by atoms with Gasteiger partial charge in [-0.25, -0.2) is 0 Å². The molecule has 0 unspecified atom stereocenters. The van der Waals surface area contributed by atoms with E-state index in [-0.39, 0.29) is 12.4 Å². The van der Waals surface area contributed by atoms with E-state index in [2.05, 4.69) is 10.6 Å². The first-order chi connectivity index (χ1) is 4.31. The molecular weight excluding hydrogens is 124 g/mol. The lowest BCUT2D eigenvalue weighted by atomic mass is 10.7. The minimum atomic E-state index is -0.250. The van der Waals surface area contributed by atoms with Gasteiger partial charge in [-0.05, 0) is 0 Å². The molecule has 5 nitrogen and oxygen atoms in total. The number of carbonyl (C=O) groups excluding carboxylic acids is 1. The standard InChI is InChI=1S/C3H6N2O.CH2O2/c6-3-1-4-2-5-3;2-1-3/h4H,1-2H2,(H,5,6);1H,(H,2,3). The van der Waals surface area contributed by atoms with E-state index < -0.39 is 0 Å². The molecule has 1 saturated heterocycles. The van der Waals surface area contributed by atoms with Gasteiger partial charge in [0.25, 0.3) is 6.47 Å². The van der Waals surface area contributed by atoms with Crippen LogP contribution < -0.4 is 10.6 Å². The maximum atomic E-state index is 10.1. The molecule has 1 amide bonds. The summed E-state index contributed by atoms with van der Waals surface area (Å²) in [6, 6.07) is 0. The molecule has 0 aromatic carbocycles. The van der Waals surface area contributed by atoms with E-state index in [9.17, 15) is 4.79 Å². The van der Waals surface area contributed by atoms with Crippen LogP contribution in [0.2, 0.25) is 0 Å². The fourth-order valence-electron chi connectivity index (χ4n) is 0.400. The van der Waals surface area contributed by atoms with E-state index in [0.717, 1.165) is 0 Å². The first-order valence-electron chi connectivity index (χ1n) is 2.36. The highest BCUT2D eigenvalue weighted by Crippen LogP contribution is 1.67. The number of hydrogen-bond donors (Lipinski definition) is 3. The first-order valence-corrected chi connectivity index (χ1v) is 2.36. The predicted octanol–water partition coefficient (Wildman–Crippen LogP) is -1.64. The van der Waals surface area contributed by atoms with Crippen LogP contribution in [0, 0.1) is 0 Å². The molecule has 0 spiro atoms. The lowest BCUT2D eigenvalue weighted by Crippen LogP contribution is -2.14. The highest BCUT2D eigenvalue weighted by molar-refractivity contribution is 5.79. The molecule has 1 heterocycles. The molecule has 0 aromatic heterocycles. The zero-order valence-electron chi connectivity index (χ0n) is 4.76. The SMILES string of the molecule is O=C1CNCN1.O=CO. The van der Waals surface area contributed by atoms with Crippen molar-refractivity contribution in [3.05, 3.63) is 0 Å². The number of hydrogen-bond acceptors (Lipinski definition) is 3. The smallest absolute Gasteiger partial charge is 0.290 e. The summed E-state index contributed by atoms with van der Waals surface area (Å²) in [6.45, 7) is 0.874. The normalized spacial score (nSPS) is 15.3. The van der Waals surface area contributed by atoms with Gasteiger partial charge in [0.2, 0.25) is 5.91 Å². The van der Waals surface area contributed by atoms with Crippen molar-refractivity contribution in [2.45, 2.75) is 0 Å². The number of carboxylic acid groups (broad SMARTS) is 1. The summed E-state index contributed by atoms with van der Waals surface area (Å²) in [7, 11) is 0. The Balaban J connectivity index is 0.000000187. The Morgan fingerprint density at radius 3 is 2.33 bits per heavy atom. The van der Waals surface area contributed by atoms with Gasteiger partial charge in [0, 0.05) is 0 Å². The van der Waals surface area contributed by atoms with Crippen molar-refractivity contribution in [2.75, 3.05) is 13.2 Å². The van der Waals surface area contributed by atoms with E-state index in [1.807, 2.05) is 0 Å². The zero-order chi connectivity index (χ0) is 7.11. The molecule has 0 radical (unpaired) electrons. The second-order valence-electron chi connectivity index (χ2n) is 1.31. The summed E-state index contributed by atoms with van der Waals surface area (Å²) < 4.78 is 0. The fraction of sp³-hybridized carbons (Fsp3) is 0.500. The molecule has 0 aromatic rings. The van der Waals surface area contributed by atoms with Crippen molar-refractivity contribution in [3.8, 4) is 0 Å². The molecule has 9 heavy (non-hydrogen) atoms. The van der Waals surface area contributed by atoms with Crippen LogP contribution >= 0.6 is 0 Å². The van der Waals surface area contributed by atoms with Gasteiger partial charge in [-0.15, -0.1) is 0 Å². The van der Waals surface area contributed by atoms with Crippen molar-refractivity contribution >= 4 is 12.4 Å². The second kappa shape index (κ2) is 5.04. The highest BCUT2D eigenvalue weighted by atomic mass is 16.3. The van der Waals surface area contributed by atoms with Gasteiger partial charge >= 0.3 is 0 Å². The number of carbonyl (C=O) groups is 2. The van der Waals surface area contributed by atoms with Crippen LogP contribution in [-0.2, 0) is 9.59 Å². The lowest BCUT2D eigenvalue weighted by molar-refractivity contribution is -0.123. The molecular formula is C4H8N2O3. The van der Waals surface area contributed by atoms with E-state index >= 15 is 0 Å². The van der Waals surface area contributed by atoms with Crippen molar-refractivity contribution in [1.29, 1.82) is 0 Å². The topological polar surface area (TPSA) is 78.4 Å². The minimum Gasteiger partial charge on any atom is -0.483 e. The van der Waals surface area contributed by atoms with Crippen molar-refractivity contribution < 1.29 is 14.7 Å². The largest absolute Gasteiger partial charge is 0.483 e. The molecule has 0 bridgehead atoms. The van der Waals surface area contributed by atoms with E-state index in [1.165, 1.54) is 0 Å². The molecule has 3 N–H and O–H groups in total. The van der Waals surface area contributed by atoms with Gasteiger partial charge in [-0.1, -0.05) is 0 Å². The molecule has 5 heteroatoms. The van der Waals surface area contributed by atoms with Crippen LogP contribution in [0.3, 0.4) is 0 Å². The third-order valence-corrected chi connectivity index (χ3v) is 0.696. The maximum Gasteiger partial charge on any atom is 0.290 e. The van der Waals surface area contributed by atoms with Crippen molar-refractivity contribution in [2.24, 2.45) is 0 Å². The Morgan fingerprint density at radius 1 is 1.67 bits per heavy atom. The fourth-order valence-corrected chi connectivity index (χ4v) is 0.400. The lowest BCUT2D eigenvalue weighted by Gasteiger charge is -1.78. The minimum absolute atomic E-state index is 0.0926. The summed E-state index contributed by atoms with van der Waals surface area (Å²) >= 11 is 0. The summed E-state index contributed by atoms with van der Waals surface area (Å²) in [5.41, 5.74) is 0. The van der Waals surface area contributed by atoms with Gasteiger partial charge in [0.05, 0.1) is 13.2 Å². The Morgan fingerprint density at radius 2 is 2.22 bits per heavy atom. The molecule has 1 aliphatic rings. The summed E-state index contributed by atoms with van der Waals surface area (Å²) in [4.78, 5) is 18.4. The van der Waals surface area contributed by atoms with Gasteiger partial charge in [0.15, 0.2) is 0 Å². The van der Waals surface area contributed by atoms with Gasteiger partial charge in [0.1, 0.15) is 0 Å². The van der Waals surface area contributed by atoms with Gasteiger partial charge in [-0.2, -0.15) is 0 Å². The van der Waals surface area contributed by atoms with Crippen LogP contribution in [0.25, 0.3) is 0 Å². The van der Waals surface area contributed by atoms with E-state index in [1.54, 1.807) is 0 Å². The quantitative estimate of drug-likeness (QED) is 0.345. The molecule has 1 aliphatic heterocycles. The first kappa shape index (κ1) is 7.90. The summed E-state index contributed by atoms with van der Waals surface area (Å²) in [5, 5.41) is 12.3. The Labute approximate surface area is 52.1 Å². The molecule has 1 fully saturated rings. The molecule has 0 aliphatic carbocycles.